The third-order valence-corrected chi connectivity index (χ3v) is 3.20. The fourth-order valence-corrected chi connectivity index (χ4v) is 2.36. The number of para-hydroxylation sites is 1. The Kier molecular flexibility index (Phi) is 3.69. The monoisotopic (exact) mass is 291 g/mol. The van der Waals surface area contributed by atoms with E-state index in [0.29, 0.717) is 19.0 Å². The molecule has 0 fully saturated rings. The minimum Gasteiger partial charge on any atom is -0.493 e. The fourth-order valence-electron chi connectivity index (χ4n) is 2.21. The van der Waals surface area contributed by atoms with Crippen molar-refractivity contribution in [2.45, 2.75) is 19.8 Å². The smallest absolute Gasteiger partial charge is 0.321 e. The van der Waals surface area contributed by atoms with E-state index in [4.69, 9.17) is 21.1 Å². The lowest BCUT2D eigenvalue weighted by Crippen LogP contribution is -2.10. The number of hydrogen-bond donors (Lipinski definition) is 0. The second-order valence-electron chi connectivity index (χ2n) is 4.39. The first kappa shape index (κ1) is 13.1. The molecule has 20 heavy (non-hydrogen) atoms. The van der Waals surface area contributed by atoms with Crippen molar-refractivity contribution in [2.24, 2.45) is 0 Å². The third-order valence-electron chi connectivity index (χ3n) is 3.04. The lowest BCUT2D eigenvalue weighted by molar-refractivity contribution is 0.289. The largest absolute Gasteiger partial charge is 0.493 e. The number of aromatic nitrogens is 3. The van der Waals surface area contributed by atoms with Crippen LogP contribution in [0.5, 0.6) is 11.8 Å². The van der Waals surface area contributed by atoms with Crippen molar-refractivity contribution in [3.8, 4) is 23.1 Å². The average molecular weight is 292 g/mol. The lowest BCUT2D eigenvalue weighted by Gasteiger charge is -2.19. The maximum absolute atomic E-state index is 5.94. The molecule has 2 aromatic rings. The van der Waals surface area contributed by atoms with Crippen molar-refractivity contribution >= 4 is 11.6 Å². The Morgan fingerprint density at radius 3 is 3.05 bits per heavy atom. The zero-order chi connectivity index (χ0) is 13.9. The standard InChI is InChI=1S/C14H14ClN3O2/c1-2-19-14-17-12(16-13(15)18-14)10-7-3-5-9-6-4-8-20-11(9)10/h3,5,7H,2,4,6,8H2,1H3. The Morgan fingerprint density at radius 1 is 1.30 bits per heavy atom. The summed E-state index contributed by atoms with van der Waals surface area (Å²) in [6.07, 6.45) is 2.03. The summed E-state index contributed by atoms with van der Waals surface area (Å²) in [5.74, 6) is 1.32. The molecule has 0 radical (unpaired) electrons. The molecule has 1 aromatic carbocycles. The predicted molar refractivity (Wildman–Crippen MR) is 75.3 cm³/mol. The van der Waals surface area contributed by atoms with E-state index in [1.807, 2.05) is 19.1 Å². The van der Waals surface area contributed by atoms with Crippen molar-refractivity contribution in [3.63, 3.8) is 0 Å². The summed E-state index contributed by atoms with van der Waals surface area (Å²) < 4.78 is 11.1. The van der Waals surface area contributed by atoms with Crippen molar-refractivity contribution < 1.29 is 9.47 Å². The number of nitrogens with zero attached hydrogens (tertiary/aromatic N) is 3. The Balaban J connectivity index is 2.09. The van der Waals surface area contributed by atoms with E-state index in [1.165, 1.54) is 5.56 Å². The molecular weight excluding hydrogens is 278 g/mol. The molecule has 0 atom stereocenters. The Labute approximate surface area is 121 Å². The van der Waals surface area contributed by atoms with Gasteiger partial charge in [-0.15, -0.1) is 0 Å². The first-order valence-corrected chi connectivity index (χ1v) is 6.95. The molecule has 6 heteroatoms. The van der Waals surface area contributed by atoms with Crippen molar-refractivity contribution in [2.75, 3.05) is 13.2 Å². The molecule has 0 aliphatic carbocycles. The average Bonchev–Trinajstić information content (AvgIpc) is 2.46. The molecule has 3 rings (SSSR count). The Bertz CT molecular complexity index is 634. The van der Waals surface area contributed by atoms with Gasteiger partial charge < -0.3 is 9.47 Å². The number of ether oxygens (including phenoxy) is 2. The minimum absolute atomic E-state index is 0.117. The van der Waals surface area contributed by atoms with E-state index >= 15 is 0 Å². The highest BCUT2D eigenvalue weighted by atomic mass is 35.5. The fraction of sp³-hybridized carbons (Fsp3) is 0.357. The van der Waals surface area contributed by atoms with Gasteiger partial charge in [-0.25, -0.2) is 0 Å². The second-order valence-corrected chi connectivity index (χ2v) is 4.73. The van der Waals surface area contributed by atoms with Crippen molar-refractivity contribution in [1.29, 1.82) is 0 Å². The Hall–Kier alpha value is -1.88. The maximum Gasteiger partial charge on any atom is 0.321 e. The lowest BCUT2D eigenvalue weighted by atomic mass is 10.0. The summed E-state index contributed by atoms with van der Waals surface area (Å²) in [5.41, 5.74) is 2.00. The van der Waals surface area contributed by atoms with Gasteiger partial charge in [-0.2, -0.15) is 15.0 Å². The van der Waals surface area contributed by atoms with Gasteiger partial charge in [0.25, 0.3) is 0 Å². The van der Waals surface area contributed by atoms with Crippen LogP contribution in [0.25, 0.3) is 11.4 Å². The SMILES string of the molecule is CCOc1nc(Cl)nc(-c2cccc3c2OCCC3)n1. The van der Waals surface area contributed by atoms with Gasteiger partial charge in [-0.3, -0.25) is 0 Å². The van der Waals surface area contributed by atoms with Crippen LogP contribution in [0.4, 0.5) is 0 Å². The molecule has 104 valence electrons. The van der Waals surface area contributed by atoms with Gasteiger partial charge >= 0.3 is 6.01 Å². The van der Waals surface area contributed by atoms with E-state index in [2.05, 4.69) is 21.0 Å². The molecular formula is C14H14ClN3O2. The molecule has 0 saturated carbocycles. The summed E-state index contributed by atoms with van der Waals surface area (Å²) in [6.45, 7) is 3.05. The van der Waals surface area contributed by atoms with Gasteiger partial charge in [-0.1, -0.05) is 12.1 Å². The second kappa shape index (κ2) is 5.63. The van der Waals surface area contributed by atoms with Crippen molar-refractivity contribution in [1.82, 2.24) is 15.0 Å². The van der Waals surface area contributed by atoms with Gasteiger partial charge in [0.15, 0.2) is 5.82 Å². The van der Waals surface area contributed by atoms with Crippen LogP contribution in [-0.4, -0.2) is 28.2 Å². The summed E-state index contributed by atoms with van der Waals surface area (Å²) in [5, 5.41) is 0.117. The van der Waals surface area contributed by atoms with Gasteiger partial charge in [0, 0.05) is 0 Å². The van der Waals surface area contributed by atoms with Crippen LogP contribution < -0.4 is 9.47 Å². The molecule has 0 bridgehead atoms. The molecule has 1 aliphatic heterocycles. The molecule has 2 heterocycles. The molecule has 0 N–H and O–H groups in total. The van der Waals surface area contributed by atoms with E-state index in [0.717, 1.165) is 24.2 Å². The summed E-state index contributed by atoms with van der Waals surface area (Å²) >= 11 is 5.94. The summed E-state index contributed by atoms with van der Waals surface area (Å²) in [6, 6.07) is 6.19. The topological polar surface area (TPSA) is 57.1 Å². The highest BCUT2D eigenvalue weighted by Crippen LogP contribution is 2.35. The van der Waals surface area contributed by atoms with Crippen LogP contribution >= 0.6 is 11.6 Å². The third kappa shape index (κ3) is 2.54. The van der Waals surface area contributed by atoms with Crippen LogP contribution in [0, 0.1) is 0 Å². The highest BCUT2D eigenvalue weighted by Gasteiger charge is 2.18. The zero-order valence-corrected chi connectivity index (χ0v) is 11.9. The number of hydrogen-bond acceptors (Lipinski definition) is 5. The molecule has 0 amide bonds. The highest BCUT2D eigenvalue weighted by molar-refractivity contribution is 6.28. The predicted octanol–water partition coefficient (Wildman–Crippen LogP) is 2.92. The molecule has 1 aliphatic rings. The van der Waals surface area contributed by atoms with Crippen molar-refractivity contribution in [3.05, 3.63) is 29.0 Å². The number of aryl methyl sites for hydroxylation is 1. The van der Waals surface area contributed by atoms with Gasteiger partial charge in [-0.05, 0) is 43.0 Å². The molecule has 0 spiro atoms. The maximum atomic E-state index is 5.94. The normalized spacial score (nSPS) is 13.5. The quantitative estimate of drug-likeness (QED) is 0.870. The van der Waals surface area contributed by atoms with E-state index < -0.39 is 0 Å². The van der Waals surface area contributed by atoms with Gasteiger partial charge in [0.05, 0.1) is 18.8 Å². The minimum atomic E-state index is 0.117. The van der Waals surface area contributed by atoms with E-state index in [1.54, 1.807) is 0 Å². The van der Waals surface area contributed by atoms with Crippen LogP contribution in [0.2, 0.25) is 5.28 Å². The molecule has 5 nitrogen and oxygen atoms in total. The molecule has 1 aromatic heterocycles. The van der Waals surface area contributed by atoms with E-state index in [-0.39, 0.29) is 11.3 Å². The summed E-state index contributed by atoms with van der Waals surface area (Å²) in [7, 11) is 0. The number of benzene rings is 1. The first-order chi connectivity index (χ1) is 9.78. The Morgan fingerprint density at radius 2 is 2.20 bits per heavy atom. The number of rotatable bonds is 3. The van der Waals surface area contributed by atoms with E-state index in [9.17, 15) is 0 Å². The van der Waals surface area contributed by atoms with Crippen LogP contribution in [-0.2, 0) is 6.42 Å². The first-order valence-electron chi connectivity index (χ1n) is 6.57. The van der Waals surface area contributed by atoms with Crippen LogP contribution in [0.15, 0.2) is 18.2 Å². The molecule has 0 unspecified atom stereocenters. The number of halogens is 1. The zero-order valence-electron chi connectivity index (χ0n) is 11.1. The molecule has 0 saturated heterocycles. The van der Waals surface area contributed by atoms with Gasteiger partial charge in [0.2, 0.25) is 5.28 Å². The van der Waals surface area contributed by atoms with Crippen LogP contribution in [0.3, 0.4) is 0 Å². The summed E-state index contributed by atoms with van der Waals surface area (Å²) in [4.78, 5) is 12.4. The number of fused-ring (bicyclic) bond motifs is 1. The van der Waals surface area contributed by atoms with Gasteiger partial charge in [0.1, 0.15) is 5.75 Å². The van der Waals surface area contributed by atoms with Crippen LogP contribution in [0.1, 0.15) is 18.9 Å².